The number of fused-ring (bicyclic) bond motifs is 1. The largest absolute Gasteiger partial charge is 0.388 e. The van der Waals surface area contributed by atoms with Crippen molar-refractivity contribution in [2.75, 3.05) is 0 Å². The van der Waals surface area contributed by atoms with Crippen LogP contribution < -0.4 is 0 Å². The minimum Gasteiger partial charge on any atom is -0.388 e. The smallest absolute Gasteiger partial charge is 0.0845 e. The van der Waals surface area contributed by atoms with E-state index in [1.165, 1.54) is 5.39 Å². The van der Waals surface area contributed by atoms with Gasteiger partial charge >= 0.3 is 0 Å². The summed E-state index contributed by atoms with van der Waals surface area (Å²) in [6, 6.07) is 16.3. The second-order valence-corrected chi connectivity index (χ2v) is 5.23. The molecule has 2 aromatic carbocycles. The molecule has 3 rings (SSSR count). The van der Waals surface area contributed by atoms with Crippen LogP contribution in [0.25, 0.3) is 10.8 Å². The van der Waals surface area contributed by atoms with Crippen LogP contribution >= 0.6 is 0 Å². The summed E-state index contributed by atoms with van der Waals surface area (Å²) in [7, 11) is 1.91. The fourth-order valence-corrected chi connectivity index (χ4v) is 2.59. The molecule has 0 saturated heterocycles. The van der Waals surface area contributed by atoms with Crippen LogP contribution in [0.5, 0.6) is 0 Å². The number of aryl methyl sites for hydroxylation is 2. The third-order valence-electron chi connectivity index (χ3n) is 3.66. The molecule has 1 N–H and O–H groups in total. The summed E-state index contributed by atoms with van der Waals surface area (Å²) in [5, 5.41) is 17.1. The lowest BCUT2D eigenvalue weighted by atomic mass is 10.0. The first kappa shape index (κ1) is 12.9. The summed E-state index contributed by atoms with van der Waals surface area (Å²) in [5.41, 5.74) is 2.97. The molecule has 1 unspecified atom stereocenters. The van der Waals surface area contributed by atoms with Crippen LogP contribution in [0, 0.1) is 6.92 Å². The molecular formula is C17H18N2O. The van der Waals surface area contributed by atoms with Gasteiger partial charge in [0, 0.05) is 19.2 Å². The molecule has 0 fully saturated rings. The Balaban J connectivity index is 1.88. The molecule has 0 spiro atoms. The lowest BCUT2D eigenvalue weighted by Crippen LogP contribution is -2.06. The van der Waals surface area contributed by atoms with Crippen LogP contribution in [-0.4, -0.2) is 14.9 Å². The normalized spacial score (nSPS) is 12.8. The van der Waals surface area contributed by atoms with E-state index in [-0.39, 0.29) is 0 Å². The number of hydrogen-bond acceptors (Lipinski definition) is 2. The lowest BCUT2D eigenvalue weighted by molar-refractivity contribution is 0.176. The summed E-state index contributed by atoms with van der Waals surface area (Å²) in [5.74, 6) is 0. The SMILES string of the molecule is Cc1cc(CC(O)c2ccc3ccccc3c2)n(C)n1. The van der Waals surface area contributed by atoms with Crippen molar-refractivity contribution in [3.8, 4) is 0 Å². The fraction of sp³-hybridized carbons (Fsp3) is 0.235. The summed E-state index contributed by atoms with van der Waals surface area (Å²) < 4.78 is 1.83. The molecule has 0 amide bonds. The first-order chi connectivity index (χ1) is 9.63. The van der Waals surface area contributed by atoms with Gasteiger partial charge in [-0.1, -0.05) is 36.4 Å². The zero-order valence-corrected chi connectivity index (χ0v) is 11.7. The monoisotopic (exact) mass is 266 g/mol. The highest BCUT2D eigenvalue weighted by molar-refractivity contribution is 5.83. The van der Waals surface area contributed by atoms with E-state index in [0.29, 0.717) is 6.42 Å². The Bertz CT molecular complexity index is 746. The van der Waals surface area contributed by atoms with Crippen LogP contribution in [0.2, 0.25) is 0 Å². The minimum atomic E-state index is -0.505. The molecule has 3 aromatic rings. The third-order valence-corrected chi connectivity index (χ3v) is 3.66. The molecule has 0 saturated carbocycles. The first-order valence-corrected chi connectivity index (χ1v) is 6.80. The predicted octanol–water partition coefficient (Wildman–Crippen LogP) is 3.16. The van der Waals surface area contributed by atoms with E-state index in [1.807, 2.05) is 42.9 Å². The number of nitrogens with zero attached hydrogens (tertiary/aromatic N) is 2. The standard InChI is InChI=1S/C17H18N2O/c1-12-9-16(19(2)18-12)11-17(20)15-8-7-13-5-3-4-6-14(13)10-15/h3-10,17,20H,11H2,1-2H3. The minimum absolute atomic E-state index is 0.505. The van der Waals surface area contributed by atoms with Crippen molar-refractivity contribution in [2.24, 2.45) is 7.05 Å². The molecule has 0 aliphatic rings. The number of benzene rings is 2. The second-order valence-electron chi connectivity index (χ2n) is 5.23. The van der Waals surface area contributed by atoms with Crippen molar-refractivity contribution in [1.82, 2.24) is 9.78 Å². The van der Waals surface area contributed by atoms with E-state index < -0.39 is 6.10 Å². The maximum absolute atomic E-state index is 10.4. The van der Waals surface area contributed by atoms with Crippen LogP contribution in [0.3, 0.4) is 0 Å². The van der Waals surface area contributed by atoms with Gasteiger partial charge in [0.2, 0.25) is 0 Å². The maximum Gasteiger partial charge on any atom is 0.0845 e. The van der Waals surface area contributed by atoms with E-state index in [9.17, 15) is 5.11 Å². The van der Waals surface area contributed by atoms with Crippen LogP contribution in [0.1, 0.15) is 23.1 Å². The molecule has 0 bridgehead atoms. The average Bonchev–Trinajstić information content (AvgIpc) is 2.76. The lowest BCUT2D eigenvalue weighted by Gasteiger charge is -2.12. The molecule has 0 aliphatic heterocycles. The van der Waals surface area contributed by atoms with Crippen LogP contribution in [0.4, 0.5) is 0 Å². The zero-order valence-electron chi connectivity index (χ0n) is 11.7. The molecule has 1 atom stereocenters. The highest BCUT2D eigenvalue weighted by atomic mass is 16.3. The highest BCUT2D eigenvalue weighted by Crippen LogP contribution is 2.23. The summed E-state index contributed by atoms with van der Waals surface area (Å²) in [6.07, 6.45) is 0.0739. The second kappa shape index (κ2) is 5.10. The van der Waals surface area contributed by atoms with Gasteiger partial charge in [0.1, 0.15) is 0 Å². The van der Waals surface area contributed by atoms with Crippen LogP contribution in [0.15, 0.2) is 48.5 Å². The predicted molar refractivity (Wildman–Crippen MR) is 80.6 cm³/mol. The molecule has 0 radical (unpaired) electrons. The van der Waals surface area contributed by atoms with Gasteiger partial charge in [-0.3, -0.25) is 4.68 Å². The van der Waals surface area contributed by atoms with Crippen molar-refractivity contribution in [1.29, 1.82) is 0 Å². The van der Waals surface area contributed by atoms with Gasteiger partial charge < -0.3 is 5.11 Å². The number of aromatic nitrogens is 2. The van der Waals surface area contributed by atoms with Crippen molar-refractivity contribution in [3.05, 3.63) is 65.5 Å². The molecule has 3 nitrogen and oxygen atoms in total. The van der Waals surface area contributed by atoms with Crippen molar-refractivity contribution in [2.45, 2.75) is 19.4 Å². The summed E-state index contributed by atoms with van der Waals surface area (Å²) in [6.45, 7) is 1.96. The van der Waals surface area contributed by atoms with Crippen molar-refractivity contribution in [3.63, 3.8) is 0 Å². The van der Waals surface area contributed by atoms with Crippen molar-refractivity contribution >= 4 is 10.8 Å². The Labute approximate surface area is 118 Å². The number of rotatable bonds is 3. The fourth-order valence-electron chi connectivity index (χ4n) is 2.59. The summed E-state index contributed by atoms with van der Waals surface area (Å²) in [4.78, 5) is 0. The molecule has 102 valence electrons. The van der Waals surface area contributed by atoms with Gasteiger partial charge in [-0.25, -0.2) is 0 Å². The zero-order chi connectivity index (χ0) is 14.1. The van der Waals surface area contributed by atoms with E-state index in [1.54, 1.807) is 0 Å². The molecule has 1 heterocycles. The third kappa shape index (κ3) is 2.45. The number of aliphatic hydroxyl groups is 1. The van der Waals surface area contributed by atoms with E-state index in [4.69, 9.17) is 0 Å². The van der Waals surface area contributed by atoms with E-state index in [0.717, 1.165) is 22.3 Å². The molecule has 1 aromatic heterocycles. The Morgan fingerprint density at radius 2 is 1.85 bits per heavy atom. The van der Waals surface area contributed by atoms with Crippen LogP contribution in [-0.2, 0) is 13.5 Å². The molecular weight excluding hydrogens is 248 g/mol. The maximum atomic E-state index is 10.4. The Hall–Kier alpha value is -2.13. The van der Waals surface area contributed by atoms with Gasteiger partial charge in [0.15, 0.2) is 0 Å². The van der Waals surface area contributed by atoms with Gasteiger partial charge in [-0.15, -0.1) is 0 Å². The van der Waals surface area contributed by atoms with Gasteiger partial charge in [0.25, 0.3) is 0 Å². The molecule has 20 heavy (non-hydrogen) atoms. The van der Waals surface area contributed by atoms with Gasteiger partial charge in [-0.2, -0.15) is 5.10 Å². The topological polar surface area (TPSA) is 38.0 Å². The molecule has 3 heteroatoms. The molecule has 0 aliphatic carbocycles. The van der Waals surface area contributed by atoms with Gasteiger partial charge in [-0.05, 0) is 35.4 Å². The first-order valence-electron chi connectivity index (χ1n) is 6.80. The highest BCUT2D eigenvalue weighted by Gasteiger charge is 2.12. The Kier molecular flexibility index (Phi) is 3.28. The van der Waals surface area contributed by atoms with Gasteiger partial charge in [0.05, 0.1) is 11.8 Å². The number of aliphatic hydroxyl groups excluding tert-OH is 1. The van der Waals surface area contributed by atoms with E-state index in [2.05, 4.69) is 29.4 Å². The Morgan fingerprint density at radius 3 is 2.55 bits per heavy atom. The number of hydrogen-bond donors (Lipinski definition) is 1. The van der Waals surface area contributed by atoms with Crippen molar-refractivity contribution < 1.29 is 5.11 Å². The quantitative estimate of drug-likeness (QED) is 0.790. The summed E-state index contributed by atoms with van der Waals surface area (Å²) >= 11 is 0. The van der Waals surface area contributed by atoms with E-state index >= 15 is 0 Å². The Morgan fingerprint density at radius 1 is 1.10 bits per heavy atom. The average molecular weight is 266 g/mol.